The lowest BCUT2D eigenvalue weighted by molar-refractivity contribution is 0.908. The minimum absolute atomic E-state index is 0.375. The first-order valence-corrected chi connectivity index (χ1v) is 4.76. The van der Waals surface area contributed by atoms with Gasteiger partial charge < -0.3 is 5.73 Å². The Hall–Kier alpha value is -1.65. The molecule has 2 aromatic rings. The lowest BCUT2D eigenvalue weighted by atomic mass is 10.3. The molecule has 2 N–H and O–H groups in total. The van der Waals surface area contributed by atoms with Crippen LogP contribution in [0.5, 0.6) is 0 Å². The van der Waals surface area contributed by atoms with Crippen molar-refractivity contribution in [3.05, 3.63) is 18.1 Å². The van der Waals surface area contributed by atoms with Gasteiger partial charge in [-0.15, -0.1) is 0 Å². The van der Waals surface area contributed by atoms with Gasteiger partial charge in [0.25, 0.3) is 0 Å². The van der Waals surface area contributed by atoms with Crippen LogP contribution in [0.25, 0.3) is 5.65 Å². The first-order chi connectivity index (χ1) is 6.83. The van der Waals surface area contributed by atoms with Crippen LogP contribution >= 0.6 is 0 Å². The second kappa shape index (κ2) is 4.55. The van der Waals surface area contributed by atoms with E-state index in [1.165, 1.54) is 6.33 Å². The van der Waals surface area contributed by atoms with Gasteiger partial charge in [-0.1, -0.05) is 20.8 Å². The molecule has 0 aliphatic carbocycles. The number of rotatable bonds is 1. The number of aromatic nitrogens is 4. The van der Waals surface area contributed by atoms with Crippen LogP contribution < -0.4 is 5.73 Å². The SMILES string of the molecule is CC.CCc1cnn2c(N)ncnc12. The molecule has 0 aliphatic heterocycles. The van der Waals surface area contributed by atoms with E-state index in [2.05, 4.69) is 22.0 Å². The molecule has 0 unspecified atom stereocenters. The molecule has 5 heteroatoms. The Morgan fingerprint density at radius 2 is 2.07 bits per heavy atom. The van der Waals surface area contributed by atoms with Gasteiger partial charge in [0.1, 0.15) is 6.33 Å². The predicted molar refractivity (Wildman–Crippen MR) is 55.9 cm³/mol. The Balaban J connectivity index is 0.000000461. The molecule has 2 heterocycles. The molecule has 0 saturated heterocycles. The van der Waals surface area contributed by atoms with Crippen molar-refractivity contribution >= 4 is 11.6 Å². The van der Waals surface area contributed by atoms with Gasteiger partial charge in [0, 0.05) is 5.56 Å². The van der Waals surface area contributed by atoms with Crippen LogP contribution in [-0.4, -0.2) is 19.6 Å². The number of nitrogen functional groups attached to an aromatic ring is 1. The molecule has 0 saturated carbocycles. The lowest BCUT2D eigenvalue weighted by Gasteiger charge is -1.95. The van der Waals surface area contributed by atoms with E-state index in [-0.39, 0.29) is 0 Å². The number of fused-ring (bicyclic) bond motifs is 1. The first-order valence-electron chi connectivity index (χ1n) is 4.76. The van der Waals surface area contributed by atoms with Crippen molar-refractivity contribution in [1.29, 1.82) is 0 Å². The Bertz CT molecular complexity index is 406. The van der Waals surface area contributed by atoms with Crippen LogP contribution in [0.2, 0.25) is 0 Å². The van der Waals surface area contributed by atoms with Crippen LogP contribution in [-0.2, 0) is 6.42 Å². The van der Waals surface area contributed by atoms with Gasteiger partial charge in [0.15, 0.2) is 5.65 Å². The van der Waals surface area contributed by atoms with E-state index in [0.717, 1.165) is 17.6 Å². The van der Waals surface area contributed by atoms with E-state index in [4.69, 9.17) is 5.73 Å². The van der Waals surface area contributed by atoms with Gasteiger partial charge in [-0.3, -0.25) is 0 Å². The van der Waals surface area contributed by atoms with Crippen LogP contribution in [0.4, 0.5) is 5.95 Å². The van der Waals surface area contributed by atoms with Crippen molar-refractivity contribution < 1.29 is 0 Å². The third kappa shape index (κ3) is 1.66. The molecule has 0 atom stereocenters. The summed E-state index contributed by atoms with van der Waals surface area (Å²) in [5.41, 5.74) is 7.46. The van der Waals surface area contributed by atoms with Crippen molar-refractivity contribution in [1.82, 2.24) is 19.6 Å². The normalized spacial score (nSPS) is 9.64. The predicted octanol–water partition coefficient (Wildman–Crippen LogP) is 1.30. The molecule has 76 valence electrons. The monoisotopic (exact) mass is 193 g/mol. The van der Waals surface area contributed by atoms with Crippen LogP contribution in [0, 0.1) is 0 Å². The molecule has 0 radical (unpaired) electrons. The number of hydrogen-bond acceptors (Lipinski definition) is 4. The molecular weight excluding hydrogens is 178 g/mol. The third-order valence-corrected chi connectivity index (χ3v) is 1.78. The summed E-state index contributed by atoms with van der Waals surface area (Å²) in [6.45, 7) is 6.05. The largest absolute Gasteiger partial charge is 0.368 e. The molecule has 0 aromatic carbocycles. The molecule has 2 rings (SSSR count). The fourth-order valence-corrected chi connectivity index (χ4v) is 1.13. The highest BCUT2D eigenvalue weighted by Gasteiger charge is 2.04. The molecular formula is C9H15N5. The van der Waals surface area contributed by atoms with E-state index in [1.807, 2.05) is 13.8 Å². The van der Waals surface area contributed by atoms with Crippen molar-refractivity contribution in [3.8, 4) is 0 Å². The first kappa shape index (κ1) is 10.4. The maximum Gasteiger partial charge on any atom is 0.224 e. The summed E-state index contributed by atoms with van der Waals surface area (Å²) in [4.78, 5) is 7.90. The molecule has 0 fully saturated rings. The second-order valence-corrected chi connectivity index (χ2v) is 2.49. The van der Waals surface area contributed by atoms with Gasteiger partial charge in [-0.25, -0.2) is 9.97 Å². The number of anilines is 1. The Morgan fingerprint density at radius 1 is 1.36 bits per heavy atom. The number of nitrogens with zero attached hydrogens (tertiary/aromatic N) is 4. The third-order valence-electron chi connectivity index (χ3n) is 1.78. The van der Waals surface area contributed by atoms with Gasteiger partial charge in [-0.05, 0) is 6.42 Å². The van der Waals surface area contributed by atoms with Crippen molar-refractivity contribution in [2.45, 2.75) is 27.2 Å². The maximum absolute atomic E-state index is 5.57. The van der Waals surface area contributed by atoms with E-state index >= 15 is 0 Å². The number of hydrogen-bond donors (Lipinski definition) is 1. The van der Waals surface area contributed by atoms with Gasteiger partial charge in [0.2, 0.25) is 5.95 Å². The quantitative estimate of drug-likeness (QED) is 0.741. The highest BCUT2D eigenvalue weighted by molar-refractivity contribution is 5.48. The zero-order valence-electron chi connectivity index (χ0n) is 8.73. The summed E-state index contributed by atoms with van der Waals surface area (Å²) in [6.07, 6.45) is 4.12. The molecule has 0 bridgehead atoms. The summed E-state index contributed by atoms with van der Waals surface area (Å²) in [5.74, 6) is 0.375. The Morgan fingerprint density at radius 3 is 2.71 bits per heavy atom. The summed E-state index contributed by atoms with van der Waals surface area (Å²) < 4.78 is 1.54. The van der Waals surface area contributed by atoms with E-state index < -0.39 is 0 Å². The summed E-state index contributed by atoms with van der Waals surface area (Å²) >= 11 is 0. The highest BCUT2D eigenvalue weighted by atomic mass is 15.3. The molecule has 0 aliphatic rings. The molecule has 0 amide bonds. The minimum atomic E-state index is 0.375. The zero-order valence-corrected chi connectivity index (χ0v) is 8.73. The minimum Gasteiger partial charge on any atom is -0.368 e. The van der Waals surface area contributed by atoms with E-state index in [1.54, 1.807) is 10.7 Å². The summed E-state index contributed by atoms with van der Waals surface area (Å²) in [7, 11) is 0. The average molecular weight is 193 g/mol. The van der Waals surface area contributed by atoms with Crippen LogP contribution in [0.1, 0.15) is 26.3 Å². The maximum atomic E-state index is 5.57. The lowest BCUT2D eigenvalue weighted by Crippen LogP contribution is -2.02. The summed E-state index contributed by atoms with van der Waals surface area (Å²) in [6, 6.07) is 0. The van der Waals surface area contributed by atoms with Crippen molar-refractivity contribution in [2.24, 2.45) is 0 Å². The zero-order chi connectivity index (χ0) is 10.6. The fraction of sp³-hybridized carbons (Fsp3) is 0.444. The van der Waals surface area contributed by atoms with Crippen LogP contribution in [0.3, 0.4) is 0 Å². The molecule has 5 nitrogen and oxygen atoms in total. The Kier molecular flexibility index (Phi) is 3.39. The van der Waals surface area contributed by atoms with Gasteiger partial charge in [-0.2, -0.15) is 9.61 Å². The van der Waals surface area contributed by atoms with Gasteiger partial charge >= 0.3 is 0 Å². The molecule has 2 aromatic heterocycles. The Labute approximate surface area is 83.0 Å². The van der Waals surface area contributed by atoms with E-state index in [0.29, 0.717) is 5.95 Å². The van der Waals surface area contributed by atoms with E-state index in [9.17, 15) is 0 Å². The van der Waals surface area contributed by atoms with Crippen molar-refractivity contribution in [2.75, 3.05) is 5.73 Å². The molecule has 14 heavy (non-hydrogen) atoms. The summed E-state index contributed by atoms with van der Waals surface area (Å²) in [5, 5.41) is 4.06. The number of nitrogens with two attached hydrogens (primary N) is 1. The topological polar surface area (TPSA) is 69.1 Å². The second-order valence-electron chi connectivity index (χ2n) is 2.49. The smallest absolute Gasteiger partial charge is 0.224 e. The molecule has 0 spiro atoms. The van der Waals surface area contributed by atoms with Crippen LogP contribution in [0.15, 0.2) is 12.5 Å². The number of aryl methyl sites for hydroxylation is 1. The van der Waals surface area contributed by atoms with Crippen molar-refractivity contribution in [3.63, 3.8) is 0 Å². The average Bonchev–Trinajstić information content (AvgIpc) is 2.65. The van der Waals surface area contributed by atoms with Gasteiger partial charge in [0.05, 0.1) is 6.20 Å². The highest BCUT2D eigenvalue weighted by Crippen LogP contribution is 2.08. The fourth-order valence-electron chi connectivity index (χ4n) is 1.13. The standard InChI is InChI=1S/C7H9N5.C2H6/c1-2-5-3-11-12-6(5)9-4-10-7(12)8;1-2/h3-4H,2H2,1H3,(H2,8,9,10);1-2H3.